The molecule has 1 rings (SSSR count). The number of piperidine rings is 1. The van der Waals surface area contributed by atoms with Crippen LogP contribution in [0.15, 0.2) is 5.16 Å². The van der Waals surface area contributed by atoms with Crippen LogP contribution in [0.25, 0.3) is 0 Å². The van der Waals surface area contributed by atoms with Gasteiger partial charge in [0.2, 0.25) is 5.71 Å². The minimum atomic E-state index is -0.468. The van der Waals surface area contributed by atoms with Gasteiger partial charge in [-0.1, -0.05) is 5.16 Å². The van der Waals surface area contributed by atoms with Crippen LogP contribution in [0.4, 0.5) is 0 Å². The van der Waals surface area contributed by atoms with E-state index in [2.05, 4.69) is 5.16 Å². The van der Waals surface area contributed by atoms with E-state index in [4.69, 9.17) is 10.5 Å². The highest BCUT2D eigenvalue weighted by Crippen LogP contribution is 2.08. The molecule has 5 nitrogen and oxygen atoms in total. The SMILES string of the molecule is N#CC(=NO)C(=O)N1CCCCC1. The monoisotopic (exact) mass is 181 g/mol. The largest absolute Gasteiger partial charge is 0.410 e. The van der Waals surface area contributed by atoms with E-state index in [1.54, 1.807) is 11.0 Å². The van der Waals surface area contributed by atoms with Crippen molar-refractivity contribution in [2.75, 3.05) is 13.1 Å². The van der Waals surface area contributed by atoms with E-state index >= 15 is 0 Å². The Bertz CT molecular complexity index is 261. The normalized spacial score (nSPS) is 18.1. The van der Waals surface area contributed by atoms with E-state index in [9.17, 15) is 4.79 Å². The molecule has 0 aromatic heterocycles. The third kappa shape index (κ3) is 2.18. The summed E-state index contributed by atoms with van der Waals surface area (Å²) in [5, 5.41) is 19.4. The van der Waals surface area contributed by atoms with Crippen LogP contribution in [0.5, 0.6) is 0 Å². The predicted octanol–water partition coefficient (Wildman–Crippen LogP) is 0.353. The first-order valence-electron chi connectivity index (χ1n) is 4.21. The molecule has 0 atom stereocenters. The van der Waals surface area contributed by atoms with Gasteiger partial charge in [-0.05, 0) is 19.3 Å². The van der Waals surface area contributed by atoms with Gasteiger partial charge in [-0.25, -0.2) is 0 Å². The molecule has 1 saturated heterocycles. The molecule has 1 heterocycles. The van der Waals surface area contributed by atoms with Gasteiger partial charge in [0, 0.05) is 13.1 Å². The van der Waals surface area contributed by atoms with Gasteiger partial charge in [0.25, 0.3) is 5.91 Å². The highest BCUT2D eigenvalue weighted by atomic mass is 16.4. The molecule has 1 aliphatic heterocycles. The number of carbonyl (C=O) groups is 1. The third-order valence-corrected chi connectivity index (χ3v) is 2.05. The quantitative estimate of drug-likeness (QED) is 0.360. The summed E-state index contributed by atoms with van der Waals surface area (Å²) in [5.74, 6) is -0.468. The lowest BCUT2D eigenvalue weighted by molar-refractivity contribution is -0.124. The Morgan fingerprint density at radius 3 is 2.46 bits per heavy atom. The fourth-order valence-corrected chi connectivity index (χ4v) is 1.36. The lowest BCUT2D eigenvalue weighted by Gasteiger charge is -2.25. The van der Waals surface area contributed by atoms with Crippen molar-refractivity contribution in [3.05, 3.63) is 0 Å². The molecule has 1 fully saturated rings. The second kappa shape index (κ2) is 4.45. The van der Waals surface area contributed by atoms with Gasteiger partial charge in [0.15, 0.2) is 0 Å². The first-order chi connectivity index (χ1) is 6.29. The van der Waals surface area contributed by atoms with Gasteiger partial charge in [-0.2, -0.15) is 5.26 Å². The maximum absolute atomic E-state index is 11.4. The number of hydrogen-bond donors (Lipinski definition) is 1. The van der Waals surface area contributed by atoms with Crippen LogP contribution in [0.3, 0.4) is 0 Å². The fourth-order valence-electron chi connectivity index (χ4n) is 1.36. The van der Waals surface area contributed by atoms with E-state index < -0.39 is 11.6 Å². The minimum Gasteiger partial charge on any atom is -0.410 e. The maximum Gasteiger partial charge on any atom is 0.286 e. The van der Waals surface area contributed by atoms with Crippen molar-refractivity contribution in [2.45, 2.75) is 19.3 Å². The number of nitrogens with zero attached hydrogens (tertiary/aromatic N) is 3. The number of nitriles is 1. The number of oxime groups is 1. The van der Waals surface area contributed by atoms with Gasteiger partial charge >= 0.3 is 0 Å². The van der Waals surface area contributed by atoms with Gasteiger partial charge < -0.3 is 10.1 Å². The molecular formula is C8H11N3O2. The summed E-state index contributed by atoms with van der Waals surface area (Å²) < 4.78 is 0. The van der Waals surface area contributed by atoms with Crippen molar-refractivity contribution < 1.29 is 10.0 Å². The van der Waals surface area contributed by atoms with Crippen LogP contribution in [0.1, 0.15) is 19.3 Å². The molecule has 70 valence electrons. The van der Waals surface area contributed by atoms with Crippen LogP contribution < -0.4 is 0 Å². The molecule has 0 radical (unpaired) electrons. The van der Waals surface area contributed by atoms with Crippen molar-refractivity contribution in [3.8, 4) is 6.07 Å². The van der Waals surface area contributed by atoms with Gasteiger partial charge in [0.1, 0.15) is 6.07 Å². The lowest BCUT2D eigenvalue weighted by atomic mass is 10.1. The van der Waals surface area contributed by atoms with E-state index in [1.807, 2.05) is 0 Å². The van der Waals surface area contributed by atoms with E-state index in [1.165, 1.54) is 0 Å². The van der Waals surface area contributed by atoms with Crippen molar-refractivity contribution in [1.82, 2.24) is 4.90 Å². The lowest BCUT2D eigenvalue weighted by Crippen LogP contribution is -2.39. The molecule has 0 saturated carbocycles. The van der Waals surface area contributed by atoms with E-state index in [0.717, 1.165) is 19.3 Å². The fraction of sp³-hybridized carbons (Fsp3) is 0.625. The molecule has 0 spiro atoms. The average Bonchev–Trinajstić information content (AvgIpc) is 2.21. The minimum absolute atomic E-state index is 0.429. The van der Waals surface area contributed by atoms with Crippen molar-refractivity contribution in [2.24, 2.45) is 5.16 Å². The van der Waals surface area contributed by atoms with Crippen LogP contribution >= 0.6 is 0 Å². The predicted molar refractivity (Wildman–Crippen MR) is 45.3 cm³/mol. The number of likely N-dealkylation sites (tertiary alicyclic amines) is 1. The van der Waals surface area contributed by atoms with Gasteiger partial charge in [-0.15, -0.1) is 0 Å². The zero-order chi connectivity index (χ0) is 9.68. The Kier molecular flexibility index (Phi) is 3.26. The molecule has 0 aromatic carbocycles. The van der Waals surface area contributed by atoms with Gasteiger partial charge in [-0.3, -0.25) is 4.79 Å². The molecule has 0 bridgehead atoms. The number of rotatable bonds is 1. The topological polar surface area (TPSA) is 76.7 Å². The summed E-state index contributed by atoms with van der Waals surface area (Å²) in [6.07, 6.45) is 3.02. The third-order valence-electron chi connectivity index (χ3n) is 2.05. The molecule has 0 aliphatic carbocycles. The second-order valence-corrected chi connectivity index (χ2v) is 2.91. The Labute approximate surface area is 76.2 Å². The molecule has 0 unspecified atom stereocenters. The summed E-state index contributed by atoms with van der Waals surface area (Å²) >= 11 is 0. The van der Waals surface area contributed by atoms with E-state index in [-0.39, 0.29) is 0 Å². The van der Waals surface area contributed by atoms with Crippen LogP contribution in [-0.2, 0) is 4.79 Å². The first kappa shape index (κ1) is 9.52. The summed E-state index contributed by atoms with van der Waals surface area (Å²) in [6.45, 7) is 1.30. The Hall–Kier alpha value is -1.57. The molecule has 0 aromatic rings. The van der Waals surface area contributed by atoms with Crippen LogP contribution in [-0.4, -0.2) is 34.8 Å². The van der Waals surface area contributed by atoms with Crippen molar-refractivity contribution >= 4 is 11.6 Å². The smallest absolute Gasteiger partial charge is 0.286 e. The summed E-state index contributed by atoms with van der Waals surface area (Å²) in [5.41, 5.74) is -0.429. The molecule has 5 heteroatoms. The van der Waals surface area contributed by atoms with Crippen molar-refractivity contribution in [3.63, 3.8) is 0 Å². The Morgan fingerprint density at radius 1 is 1.38 bits per heavy atom. The maximum atomic E-state index is 11.4. The van der Waals surface area contributed by atoms with Crippen LogP contribution in [0.2, 0.25) is 0 Å². The number of hydrogen-bond acceptors (Lipinski definition) is 4. The van der Waals surface area contributed by atoms with Gasteiger partial charge in [0.05, 0.1) is 0 Å². The highest BCUT2D eigenvalue weighted by Gasteiger charge is 2.21. The molecule has 1 aliphatic rings. The zero-order valence-corrected chi connectivity index (χ0v) is 7.23. The molecule has 1 amide bonds. The summed E-state index contributed by atoms with van der Waals surface area (Å²) in [7, 11) is 0. The highest BCUT2D eigenvalue weighted by molar-refractivity contribution is 6.44. The van der Waals surface area contributed by atoms with E-state index in [0.29, 0.717) is 13.1 Å². The first-order valence-corrected chi connectivity index (χ1v) is 4.21. The second-order valence-electron chi connectivity index (χ2n) is 2.91. The molecular weight excluding hydrogens is 170 g/mol. The summed E-state index contributed by atoms with van der Waals surface area (Å²) in [6, 6.07) is 1.56. The van der Waals surface area contributed by atoms with Crippen molar-refractivity contribution in [1.29, 1.82) is 5.26 Å². The number of amides is 1. The number of carbonyl (C=O) groups excluding carboxylic acids is 1. The average molecular weight is 181 g/mol. The zero-order valence-electron chi connectivity index (χ0n) is 7.23. The Balaban J connectivity index is 2.61. The Morgan fingerprint density at radius 2 is 2.00 bits per heavy atom. The van der Waals surface area contributed by atoms with Crippen LogP contribution in [0, 0.1) is 11.3 Å². The summed E-state index contributed by atoms with van der Waals surface area (Å²) in [4.78, 5) is 12.9. The standard InChI is InChI=1S/C8H11N3O2/c9-6-7(10-13)8(12)11-4-2-1-3-5-11/h13H,1-5H2. The molecule has 1 N–H and O–H groups in total. The molecule has 13 heavy (non-hydrogen) atoms.